The molecule has 1 saturated carbocycles. The Kier molecular flexibility index (Phi) is 5.47. The number of carbonyl (C=O) groups excluding carboxylic acids is 1. The van der Waals surface area contributed by atoms with E-state index in [0.29, 0.717) is 10.8 Å². The summed E-state index contributed by atoms with van der Waals surface area (Å²) >= 11 is 9.30. The second kappa shape index (κ2) is 7.13. The van der Waals surface area contributed by atoms with Crippen molar-refractivity contribution in [3.8, 4) is 5.75 Å². The SMILES string of the molecule is O=C(O)CCN(C(=O)COc1ccc(Br)cc1Cl)C1CC1. The van der Waals surface area contributed by atoms with Crippen LogP contribution in [0.3, 0.4) is 0 Å². The van der Waals surface area contributed by atoms with E-state index in [4.69, 9.17) is 21.4 Å². The normalized spacial score (nSPS) is 13.8. The summed E-state index contributed by atoms with van der Waals surface area (Å²) in [6, 6.07) is 5.29. The van der Waals surface area contributed by atoms with Crippen molar-refractivity contribution in [2.45, 2.75) is 25.3 Å². The van der Waals surface area contributed by atoms with Gasteiger partial charge in [0.05, 0.1) is 11.4 Å². The first-order chi connectivity index (χ1) is 9.97. The Morgan fingerprint density at radius 3 is 2.71 bits per heavy atom. The molecule has 7 heteroatoms. The van der Waals surface area contributed by atoms with Gasteiger partial charge in [0.2, 0.25) is 0 Å². The molecule has 1 fully saturated rings. The van der Waals surface area contributed by atoms with E-state index >= 15 is 0 Å². The predicted octanol–water partition coefficient (Wildman–Crippen LogP) is 2.95. The molecule has 0 radical (unpaired) electrons. The second-order valence-corrected chi connectivity index (χ2v) is 6.15. The first kappa shape index (κ1) is 16.1. The van der Waals surface area contributed by atoms with E-state index in [0.717, 1.165) is 17.3 Å². The smallest absolute Gasteiger partial charge is 0.305 e. The average molecular weight is 377 g/mol. The molecule has 0 atom stereocenters. The van der Waals surface area contributed by atoms with Gasteiger partial charge in [-0.2, -0.15) is 0 Å². The first-order valence-electron chi connectivity index (χ1n) is 6.56. The van der Waals surface area contributed by atoms with E-state index in [-0.39, 0.29) is 31.5 Å². The molecule has 1 aliphatic rings. The number of amides is 1. The molecule has 21 heavy (non-hydrogen) atoms. The molecule has 0 aromatic heterocycles. The van der Waals surface area contributed by atoms with Gasteiger partial charge in [-0.05, 0) is 31.0 Å². The van der Waals surface area contributed by atoms with E-state index in [9.17, 15) is 9.59 Å². The topological polar surface area (TPSA) is 66.8 Å². The third-order valence-electron chi connectivity index (χ3n) is 3.12. The molecule has 0 spiro atoms. The van der Waals surface area contributed by atoms with Crippen molar-refractivity contribution < 1.29 is 19.4 Å². The van der Waals surface area contributed by atoms with Crippen molar-refractivity contribution >= 4 is 39.4 Å². The summed E-state index contributed by atoms with van der Waals surface area (Å²) in [6.07, 6.45) is 1.79. The van der Waals surface area contributed by atoms with Crippen molar-refractivity contribution in [2.24, 2.45) is 0 Å². The van der Waals surface area contributed by atoms with Crippen molar-refractivity contribution in [3.05, 3.63) is 27.7 Å². The zero-order valence-corrected chi connectivity index (χ0v) is 13.6. The number of ether oxygens (including phenoxy) is 1. The van der Waals surface area contributed by atoms with Gasteiger partial charge in [0, 0.05) is 17.1 Å². The minimum Gasteiger partial charge on any atom is -0.482 e. The summed E-state index contributed by atoms with van der Waals surface area (Å²) in [6.45, 7) is 0.0771. The number of aliphatic carboxylic acids is 1. The largest absolute Gasteiger partial charge is 0.482 e. The third-order valence-corrected chi connectivity index (χ3v) is 3.91. The van der Waals surface area contributed by atoms with Crippen LogP contribution in [0.15, 0.2) is 22.7 Å². The fraction of sp³-hybridized carbons (Fsp3) is 0.429. The van der Waals surface area contributed by atoms with E-state index in [1.54, 1.807) is 23.1 Å². The number of nitrogens with zero attached hydrogens (tertiary/aromatic N) is 1. The van der Waals surface area contributed by atoms with Crippen molar-refractivity contribution in [2.75, 3.05) is 13.2 Å². The maximum Gasteiger partial charge on any atom is 0.305 e. The molecule has 114 valence electrons. The second-order valence-electron chi connectivity index (χ2n) is 4.83. The fourth-order valence-electron chi connectivity index (χ4n) is 1.93. The van der Waals surface area contributed by atoms with Crippen molar-refractivity contribution in [1.82, 2.24) is 4.90 Å². The van der Waals surface area contributed by atoms with Gasteiger partial charge in [-0.25, -0.2) is 0 Å². The lowest BCUT2D eigenvalue weighted by atomic mass is 10.3. The lowest BCUT2D eigenvalue weighted by Crippen LogP contribution is -2.38. The van der Waals surface area contributed by atoms with E-state index in [1.165, 1.54) is 0 Å². The van der Waals surface area contributed by atoms with Crippen molar-refractivity contribution in [3.63, 3.8) is 0 Å². The minimum absolute atomic E-state index is 0.0543. The number of halogens is 2. The molecule has 0 bridgehead atoms. The molecule has 1 N–H and O–H groups in total. The number of carbonyl (C=O) groups is 2. The van der Waals surface area contributed by atoms with Crippen LogP contribution in [0, 0.1) is 0 Å². The van der Waals surface area contributed by atoms with E-state index in [1.807, 2.05) is 0 Å². The molecule has 0 aliphatic heterocycles. The highest BCUT2D eigenvalue weighted by Gasteiger charge is 2.32. The van der Waals surface area contributed by atoms with Crippen LogP contribution in [0.25, 0.3) is 0 Å². The van der Waals surface area contributed by atoms with E-state index in [2.05, 4.69) is 15.9 Å². The Balaban J connectivity index is 1.91. The molecule has 2 rings (SSSR count). The fourth-order valence-corrected chi connectivity index (χ4v) is 2.66. The molecule has 1 aromatic carbocycles. The lowest BCUT2D eigenvalue weighted by Gasteiger charge is -2.21. The summed E-state index contributed by atoms with van der Waals surface area (Å²) in [7, 11) is 0. The van der Waals surface area contributed by atoms with Gasteiger partial charge < -0.3 is 14.7 Å². The van der Waals surface area contributed by atoms with Gasteiger partial charge in [0.1, 0.15) is 5.75 Å². The number of carboxylic acids is 1. The van der Waals surface area contributed by atoms with Crippen molar-refractivity contribution in [1.29, 1.82) is 0 Å². The summed E-state index contributed by atoms with van der Waals surface area (Å²) < 4.78 is 6.25. The highest BCUT2D eigenvalue weighted by Crippen LogP contribution is 2.29. The molecular formula is C14H15BrClNO4. The number of hydrogen-bond donors (Lipinski definition) is 1. The van der Waals surface area contributed by atoms with Crippen LogP contribution >= 0.6 is 27.5 Å². The maximum absolute atomic E-state index is 12.1. The van der Waals surface area contributed by atoms with Crippen LogP contribution in [0.1, 0.15) is 19.3 Å². The van der Waals surface area contributed by atoms with Crippen LogP contribution in [-0.2, 0) is 9.59 Å². The molecule has 1 amide bonds. The van der Waals surface area contributed by atoms with Crippen LogP contribution in [0.4, 0.5) is 0 Å². The summed E-state index contributed by atoms with van der Waals surface area (Å²) in [5.74, 6) is -0.690. The molecule has 0 unspecified atom stereocenters. The predicted molar refractivity (Wildman–Crippen MR) is 81.6 cm³/mol. The van der Waals surface area contributed by atoms with Crippen LogP contribution in [0.5, 0.6) is 5.75 Å². The summed E-state index contributed by atoms with van der Waals surface area (Å²) in [5.41, 5.74) is 0. The highest BCUT2D eigenvalue weighted by molar-refractivity contribution is 9.10. The Morgan fingerprint density at radius 1 is 1.43 bits per heavy atom. The first-order valence-corrected chi connectivity index (χ1v) is 7.73. The molecular weight excluding hydrogens is 362 g/mol. The Labute approximate surface area is 136 Å². The van der Waals surface area contributed by atoms with Gasteiger partial charge in [0.15, 0.2) is 6.61 Å². The third kappa shape index (κ3) is 4.89. The summed E-state index contributed by atoms with van der Waals surface area (Å²) in [5, 5.41) is 9.14. The Morgan fingerprint density at radius 2 is 2.14 bits per heavy atom. The van der Waals surface area contributed by atoms with Crippen LogP contribution in [-0.4, -0.2) is 41.1 Å². The monoisotopic (exact) mass is 375 g/mol. The summed E-state index contributed by atoms with van der Waals surface area (Å²) in [4.78, 5) is 24.4. The van der Waals surface area contributed by atoms with Gasteiger partial charge in [-0.15, -0.1) is 0 Å². The van der Waals surface area contributed by atoms with E-state index < -0.39 is 5.97 Å². The minimum atomic E-state index is -0.912. The number of carboxylic acid groups (broad SMARTS) is 1. The number of rotatable bonds is 7. The van der Waals surface area contributed by atoms with Crippen LogP contribution < -0.4 is 4.74 Å². The highest BCUT2D eigenvalue weighted by atomic mass is 79.9. The Bertz CT molecular complexity index is 548. The zero-order chi connectivity index (χ0) is 15.4. The lowest BCUT2D eigenvalue weighted by molar-refractivity contribution is -0.139. The molecule has 5 nitrogen and oxygen atoms in total. The zero-order valence-electron chi connectivity index (χ0n) is 11.2. The maximum atomic E-state index is 12.1. The molecule has 1 aromatic rings. The quantitative estimate of drug-likeness (QED) is 0.794. The van der Waals surface area contributed by atoms with Crippen LogP contribution in [0.2, 0.25) is 5.02 Å². The average Bonchev–Trinajstić information content (AvgIpc) is 3.22. The van der Waals surface area contributed by atoms with Gasteiger partial charge in [0.25, 0.3) is 5.91 Å². The number of hydrogen-bond acceptors (Lipinski definition) is 3. The molecule has 0 heterocycles. The number of benzene rings is 1. The standard InChI is InChI=1S/C14H15BrClNO4/c15-9-1-4-12(11(16)7-9)21-8-13(18)17(10-2-3-10)6-5-14(19)20/h1,4,7,10H,2-3,5-6,8H2,(H,19,20). The molecule has 1 aliphatic carbocycles. The van der Waals surface area contributed by atoms with Gasteiger partial charge in [-0.3, -0.25) is 9.59 Å². The van der Waals surface area contributed by atoms with Gasteiger partial charge >= 0.3 is 5.97 Å². The molecule has 0 saturated heterocycles. The van der Waals surface area contributed by atoms with Gasteiger partial charge in [-0.1, -0.05) is 27.5 Å². The Hall–Kier alpha value is -1.27.